The molecule has 1 saturated carbocycles. The van der Waals surface area contributed by atoms with E-state index in [1.807, 2.05) is 6.07 Å². The van der Waals surface area contributed by atoms with Crippen molar-refractivity contribution in [3.8, 4) is 0 Å². The van der Waals surface area contributed by atoms with E-state index in [0.29, 0.717) is 0 Å². The summed E-state index contributed by atoms with van der Waals surface area (Å²) in [5, 5.41) is 3.51. The minimum Gasteiger partial charge on any atom is -0.311 e. The summed E-state index contributed by atoms with van der Waals surface area (Å²) in [5.41, 5.74) is 0. The van der Waals surface area contributed by atoms with Crippen LogP contribution < -0.4 is 5.32 Å². The molecule has 18 heavy (non-hydrogen) atoms. The first kappa shape index (κ1) is 14.3. The summed E-state index contributed by atoms with van der Waals surface area (Å²) in [4.78, 5) is 3.98. The van der Waals surface area contributed by atoms with Crippen molar-refractivity contribution < 1.29 is 0 Å². The molecule has 0 atom stereocenters. The first-order valence-corrected chi connectivity index (χ1v) is 8.18. The second kappa shape index (κ2) is 7.49. The summed E-state index contributed by atoms with van der Waals surface area (Å²) >= 11 is 7.58. The number of unbranched alkanes of at least 4 members (excludes halogenated alkanes) is 1. The molecule has 2 nitrogen and oxygen atoms in total. The minimum atomic E-state index is 0.884. The molecular formula is C14H23ClN2S. The van der Waals surface area contributed by atoms with E-state index < -0.39 is 0 Å². The van der Waals surface area contributed by atoms with Gasteiger partial charge in [-0.3, -0.25) is 4.90 Å². The van der Waals surface area contributed by atoms with Crippen LogP contribution >= 0.6 is 22.9 Å². The summed E-state index contributed by atoms with van der Waals surface area (Å²) < 4.78 is 0.884. The third-order valence-corrected chi connectivity index (χ3v) is 4.60. The molecule has 0 amide bonds. The minimum absolute atomic E-state index is 0.884. The molecule has 0 aliphatic heterocycles. The highest BCUT2D eigenvalue weighted by atomic mass is 35.5. The van der Waals surface area contributed by atoms with E-state index in [-0.39, 0.29) is 0 Å². The van der Waals surface area contributed by atoms with Gasteiger partial charge in [-0.05, 0) is 37.9 Å². The zero-order valence-electron chi connectivity index (χ0n) is 11.1. The van der Waals surface area contributed by atoms with Crippen LogP contribution in [0.1, 0.15) is 37.5 Å². The van der Waals surface area contributed by atoms with E-state index in [2.05, 4.69) is 23.2 Å². The van der Waals surface area contributed by atoms with Gasteiger partial charge in [-0.25, -0.2) is 0 Å². The van der Waals surface area contributed by atoms with Gasteiger partial charge in [0.15, 0.2) is 0 Å². The maximum atomic E-state index is 5.91. The Morgan fingerprint density at radius 1 is 1.39 bits per heavy atom. The van der Waals surface area contributed by atoms with Gasteiger partial charge < -0.3 is 5.32 Å². The molecule has 1 aliphatic rings. The summed E-state index contributed by atoms with van der Waals surface area (Å²) in [6.45, 7) is 6.75. The topological polar surface area (TPSA) is 15.3 Å². The lowest BCUT2D eigenvalue weighted by atomic mass is 10.3. The molecule has 4 heteroatoms. The third kappa shape index (κ3) is 4.88. The van der Waals surface area contributed by atoms with Crippen LogP contribution in [0.2, 0.25) is 4.34 Å². The highest BCUT2D eigenvalue weighted by Crippen LogP contribution is 2.26. The first-order valence-electron chi connectivity index (χ1n) is 6.98. The number of hydrogen-bond acceptors (Lipinski definition) is 3. The van der Waals surface area contributed by atoms with E-state index in [1.54, 1.807) is 11.3 Å². The van der Waals surface area contributed by atoms with E-state index >= 15 is 0 Å². The van der Waals surface area contributed by atoms with Crippen molar-refractivity contribution in [2.75, 3.05) is 19.6 Å². The quantitative estimate of drug-likeness (QED) is 0.696. The van der Waals surface area contributed by atoms with Crippen LogP contribution in [0.15, 0.2) is 12.1 Å². The zero-order valence-corrected chi connectivity index (χ0v) is 12.7. The van der Waals surface area contributed by atoms with Crippen molar-refractivity contribution in [3.05, 3.63) is 21.3 Å². The van der Waals surface area contributed by atoms with Crippen LogP contribution in [0, 0.1) is 0 Å². The predicted molar refractivity (Wildman–Crippen MR) is 80.5 cm³/mol. The average Bonchev–Trinajstić information content (AvgIpc) is 3.12. The van der Waals surface area contributed by atoms with Gasteiger partial charge in [0.25, 0.3) is 0 Å². The van der Waals surface area contributed by atoms with Crippen LogP contribution in [0.3, 0.4) is 0 Å². The van der Waals surface area contributed by atoms with Crippen LogP contribution in [0.5, 0.6) is 0 Å². The Morgan fingerprint density at radius 3 is 2.83 bits per heavy atom. The zero-order chi connectivity index (χ0) is 12.8. The molecule has 1 N–H and O–H groups in total. The Kier molecular flexibility index (Phi) is 5.96. The molecule has 1 fully saturated rings. The number of rotatable bonds is 9. The summed E-state index contributed by atoms with van der Waals surface area (Å²) in [6, 6.07) is 4.96. The van der Waals surface area contributed by atoms with E-state index in [0.717, 1.165) is 23.5 Å². The molecule has 2 rings (SSSR count). The fourth-order valence-electron chi connectivity index (χ4n) is 2.16. The van der Waals surface area contributed by atoms with Crippen LogP contribution in [0.4, 0.5) is 0 Å². The van der Waals surface area contributed by atoms with Crippen LogP contribution in [0.25, 0.3) is 0 Å². The van der Waals surface area contributed by atoms with Crippen LogP contribution in [-0.4, -0.2) is 30.6 Å². The van der Waals surface area contributed by atoms with E-state index in [9.17, 15) is 0 Å². The summed E-state index contributed by atoms with van der Waals surface area (Å²) in [6.07, 6.45) is 5.44. The largest absolute Gasteiger partial charge is 0.311 e. The Hall–Kier alpha value is -0.0900. The van der Waals surface area contributed by atoms with Crippen molar-refractivity contribution in [3.63, 3.8) is 0 Å². The van der Waals surface area contributed by atoms with Gasteiger partial charge in [0.05, 0.1) is 4.34 Å². The molecule has 1 aromatic heterocycles. The lowest BCUT2D eigenvalue weighted by Crippen LogP contribution is -2.34. The van der Waals surface area contributed by atoms with Gasteiger partial charge in [-0.1, -0.05) is 24.9 Å². The van der Waals surface area contributed by atoms with Crippen molar-refractivity contribution in [1.82, 2.24) is 10.2 Å². The lowest BCUT2D eigenvalue weighted by molar-refractivity contribution is 0.259. The molecule has 0 spiro atoms. The van der Waals surface area contributed by atoms with Gasteiger partial charge >= 0.3 is 0 Å². The normalized spacial score (nSPS) is 15.5. The number of thiophene rings is 1. The SMILES string of the molecule is CCCCN(CCNCc1ccc(Cl)s1)C1CC1. The summed E-state index contributed by atoms with van der Waals surface area (Å²) in [7, 11) is 0. The smallest absolute Gasteiger partial charge is 0.0931 e. The van der Waals surface area contributed by atoms with Crippen molar-refractivity contribution in [1.29, 1.82) is 0 Å². The van der Waals surface area contributed by atoms with Gasteiger partial charge in [0.1, 0.15) is 0 Å². The van der Waals surface area contributed by atoms with Gasteiger partial charge in [-0.15, -0.1) is 11.3 Å². The van der Waals surface area contributed by atoms with Crippen LogP contribution in [-0.2, 0) is 6.54 Å². The fourth-order valence-corrected chi connectivity index (χ4v) is 3.22. The number of nitrogens with one attached hydrogen (secondary N) is 1. The Labute approximate surface area is 119 Å². The summed E-state index contributed by atoms with van der Waals surface area (Å²) in [5.74, 6) is 0. The maximum Gasteiger partial charge on any atom is 0.0931 e. The Morgan fingerprint density at radius 2 is 2.22 bits per heavy atom. The molecule has 0 unspecified atom stereocenters. The molecule has 102 valence electrons. The molecule has 0 aromatic carbocycles. The molecule has 0 saturated heterocycles. The van der Waals surface area contributed by atoms with Gasteiger partial charge in [-0.2, -0.15) is 0 Å². The Bertz CT molecular complexity index is 349. The number of hydrogen-bond donors (Lipinski definition) is 1. The molecular weight excluding hydrogens is 264 g/mol. The molecule has 0 radical (unpaired) electrons. The fraction of sp³-hybridized carbons (Fsp3) is 0.714. The maximum absolute atomic E-state index is 5.91. The standard InChI is InChI=1S/C14H23ClN2S/c1-2-3-9-17(12-4-5-12)10-8-16-11-13-6-7-14(15)18-13/h6-7,12,16H,2-5,8-11H2,1H3. The predicted octanol–water partition coefficient (Wildman–Crippen LogP) is 3.76. The second-order valence-electron chi connectivity index (χ2n) is 5.00. The second-order valence-corrected chi connectivity index (χ2v) is 6.80. The first-order chi connectivity index (χ1) is 8.79. The molecule has 1 aromatic rings. The van der Waals surface area contributed by atoms with Crippen molar-refractivity contribution in [2.24, 2.45) is 0 Å². The molecule has 1 heterocycles. The average molecular weight is 287 g/mol. The third-order valence-electron chi connectivity index (χ3n) is 3.37. The van der Waals surface area contributed by atoms with E-state index in [4.69, 9.17) is 11.6 Å². The lowest BCUT2D eigenvalue weighted by Gasteiger charge is -2.21. The number of nitrogens with zero attached hydrogens (tertiary/aromatic N) is 1. The van der Waals surface area contributed by atoms with Gasteiger partial charge in [0.2, 0.25) is 0 Å². The molecule has 0 bridgehead atoms. The van der Waals surface area contributed by atoms with E-state index in [1.165, 1.54) is 43.6 Å². The van der Waals surface area contributed by atoms with Crippen molar-refractivity contribution in [2.45, 2.75) is 45.2 Å². The number of halogens is 1. The highest BCUT2D eigenvalue weighted by Gasteiger charge is 2.27. The monoisotopic (exact) mass is 286 g/mol. The van der Waals surface area contributed by atoms with Gasteiger partial charge in [0, 0.05) is 30.6 Å². The highest BCUT2D eigenvalue weighted by molar-refractivity contribution is 7.16. The molecule has 1 aliphatic carbocycles. The van der Waals surface area contributed by atoms with Crippen molar-refractivity contribution >= 4 is 22.9 Å². The Balaban J connectivity index is 1.60.